The molecule has 2 N–H and O–H groups in total. The number of hydrogen-bond donors (Lipinski definition) is 1. The van der Waals surface area contributed by atoms with Gasteiger partial charge in [0.1, 0.15) is 5.82 Å². The first-order chi connectivity index (χ1) is 17.2. The van der Waals surface area contributed by atoms with Crippen LogP contribution in [0.4, 0.5) is 23.4 Å². The van der Waals surface area contributed by atoms with Crippen LogP contribution in [-0.2, 0) is 24.6 Å². The summed E-state index contributed by atoms with van der Waals surface area (Å²) in [6.45, 7) is 1.68. The zero-order chi connectivity index (χ0) is 27.3. The SMILES string of the molecule is CN(C(=O)C(C)(C)F)N(Cc1ccc(C(F)(F)F)cn1)C(=O)c1ccc2nc(N)c3cnn(C)c3c2c1. The number of nitrogens with two attached hydrogens (primary N) is 1. The molecule has 194 valence electrons. The summed E-state index contributed by atoms with van der Waals surface area (Å²) in [5, 5.41) is 7.05. The van der Waals surface area contributed by atoms with Gasteiger partial charge >= 0.3 is 6.18 Å². The molecule has 0 fully saturated rings. The number of carbonyl (C=O) groups is 2. The van der Waals surface area contributed by atoms with E-state index in [9.17, 15) is 27.2 Å². The molecule has 0 atom stereocenters. The van der Waals surface area contributed by atoms with Crippen molar-refractivity contribution in [3.05, 3.63) is 59.5 Å². The van der Waals surface area contributed by atoms with Gasteiger partial charge in [-0.15, -0.1) is 0 Å². The molecule has 0 aliphatic carbocycles. The van der Waals surface area contributed by atoms with E-state index in [1.165, 1.54) is 13.1 Å². The molecule has 0 bridgehead atoms. The zero-order valence-corrected chi connectivity index (χ0v) is 20.3. The average Bonchev–Trinajstić information content (AvgIpc) is 3.22. The van der Waals surface area contributed by atoms with Gasteiger partial charge in [0.2, 0.25) is 0 Å². The van der Waals surface area contributed by atoms with Gasteiger partial charge in [0.25, 0.3) is 11.8 Å². The fourth-order valence-corrected chi connectivity index (χ4v) is 3.89. The minimum atomic E-state index is -4.59. The number of hydrogen-bond acceptors (Lipinski definition) is 6. The van der Waals surface area contributed by atoms with E-state index in [0.717, 1.165) is 36.0 Å². The van der Waals surface area contributed by atoms with E-state index in [4.69, 9.17) is 5.73 Å². The lowest BCUT2D eigenvalue weighted by molar-refractivity contribution is -0.153. The number of nitrogens with zero attached hydrogens (tertiary/aromatic N) is 6. The van der Waals surface area contributed by atoms with Gasteiger partial charge in [-0.1, -0.05) is 0 Å². The summed E-state index contributed by atoms with van der Waals surface area (Å²) in [6.07, 6.45) is -2.42. The molecule has 13 heteroatoms. The van der Waals surface area contributed by atoms with E-state index in [0.29, 0.717) is 28.0 Å². The molecule has 0 aliphatic rings. The van der Waals surface area contributed by atoms with Crippen LogP contribution in [0.3, 0.4) is 0 Å². The summed E-state index contributed by atoms with van der Waals surface area (Å²) < 4.78 is 54.9. The summed E-state index contributed by atoms with van der Waals surface area (Å²) in [5.74, 6) is -1.48. The fourth-order valence-electron chi connectivity index (χ4n) is 3.89. The van der Waals surface area contributed by atoms with Gasteiger partial charge < -0.3 is 5.73 Å². The highest BCUT2D eigenvalue weighted by atomic mass is 19.4. The van der Waals surface area contributed by atoms with Gasteiger partial charge in [-0.2, -0.15) is 18.3 Å². The number of hydrazine groups is 1. The van der Waals surface area contributed by atoms with Crippen molar-refractivity contribution in [3.8, 4) is 0 Å². The molecule has 0 aliphatic heterocycles. The molecule has 0 saturated heterocycles. The molecule has 0 unspecified atom stereocenters. The monoisotopic (exact) mass is 517 g/mol. The van der Waals surface area contributed by atoms with Crippen molar-refractivity contribution in [3.63, 3.8) is 0 Å². The second-order valence-corrected chi connectivity index (χ2v) is 8.96. The van der Waals surface area contributed by atoms with E-state index >= 15 is 0 Å². The molecule has 37 heavy (non-hydrogen) atoms. The number of amides is 2. The molecule has 9 nitrogen and oxygen atoms in total. The number of pyridine rings is 2. The Morgan fingerprint density at radius 1 is 1.05 bits per heavy atom. The minimum absolute atomic E-state index is 0.0573. The number of nitrogen functional groups attached to an aromatic ring is 1. The van der Waals surface area contributed by atoms with Crippen molar-refractivity contribution in [1.82, 2.24) is 29.8 Å². The topological polar surface area (TPSA) is 110 Å². The average molecular weight is 517 g/mol. The predicted molar refractivity (Wildman–Crippen MR) is 127 cm³/mol. The lowest BCUT2D eigenvalue weighted by Crippen LogP contribution is -2.52. The van der Waals surface area contributed by atoms with Crippen LogP contribution in [0.5, 0.6) is 0 Å². The highest BCUT2D eigenvalue weighted by Crippen LogP contribution is 2.30. The maximum Gasteiger partial charge on any atom is 0.417 e. The Bertz CT molecular complexity index is 1510. The van der Waals surface area contributed by atoms with E-state index in [1.807, 2.05) is 0 Å². The summed E-state index contributed by atoms with van der Waals surface area (Å²) in [4.78, 5) is 34.5. The lowest BCUT2D eigenvalue weighted by Gasteiger charge is -2.34. The van der Waals surface area contributed by atoms with Crippen molar-refractivity contribution in [2.45, 2.75) is 32.2 Å². The number of carbonyl (C=O) groups excluding carboxylic acids is 2. The number of alkyl halides is 4. The van der Waals surface area contributed by atoms with Crippen molar-refractivity contribution < 1.29 is 27.2 Å². The Kier molecular flexibility index (Phi) is 6.26. The highest BCUT2D eigenvalue weighted by molar-refractivity contribution is 6.10. The largest absolute Gasteiger partial charge is 0.417 e. The predicted octanol–water partition coefficient (Wildman–Crippen LogP) is 3.88. The Morgan fingerprint density at radius 2 is 1.76 bits per heavy atom. The fraction of sp³-hybridized carbons (Fsp3) is 0.292. The first-order valence-corrected chi connectivity index (χ1v) is 11.0. The van der Waals surface area contributed by atoms with Crippen LogP contribution in [0.2, 0.25) is 0 Å². The first-order valence-electron chi connectivity index (χ1n) is 11.0. The van der Waals surface area contributed by atoms with E-state index < -0.39 is 35.8 Å². The second kappa shape index (κ2) is 8.98. The molecule has 0 radical (unpaired) electrons. The molecule has 4 aromatic rings. The quantitative estimate of drug-likeness (QED) is 0.325. The van der Waals surface area contributed by atoms with Crippen LogP contribution >= 0.6 is 0 Å². The lowest BCUT2D eigenvalue weighted by atomic mass is 10.1. The van der Waals surface area contributed by atoms with E-state index in [1.54, 1.807) is 30.1 Å². The van der Waals surface area contributed by atoms with Crippen LogP contribution in [0.25, 0.3) is 21.8 Å². The Labute approximate surface area is 208 Å². The van der Waals surface area contributed by atoms with Crippen molar-refractivity contribution in [1.29, 1.82) is 0 Å². The highest BCUT2D eigenvalue weighted by Gasteiger charge is 2.36. The van der Waals surface area contributed by atoms with Gasteiger partial charge in [-0.3, -0.25) is 24.3 Å². The molecule has 0 saturated carbocycles. The van der Waals surface area contributed by atoms with Gasteiger partial charge in [0.05, 0.1) is 40.4 Å². The van der Waals surface area contributed by atoms with Gasteiger partial charge in [-0.25, -0.2) is 14.4 Å². The molecule has 0 spiro atoms. The Balaban J connectivity index is 1.78. The first kappa shape index (κ1) is 25.8. The molecular weight excluding hydrogens is 494 g/mol. The third kappa shape index (κ3) is 4.88. The zero-order valence-electron chi connectivity index (χ0n) is 20.3. The number of anilines is 1. The molecule has 3 aromatic heterocycles. The number of rotatable bonds is 4. The van der Waals surface area contributed by atoms with Crippen LogP contribution < -0.4 is 5.73 Å². The maximum atomic E-state index is 14.5. The van der Waals surface area contributed by atoms with Crippen LogP contribution in [0, 0.1) is 0 Å². The number of fused-ring (bicyclic) bond motifs is 3. The molecule has 4 rings (SSSR count). The third-order valence-corrected chi connectivity index (χ3v) is 5.82. The molecular formula is C24H23F4N7O2. The van der Waals surface area contributed by atoms with Crippen LogP contribution in [0.1, 0.15) is 35.5 Å². The smallest absolute Gasteiger partial charge is 0.383 e. The van der Waals surface area contributed by atoms with Crippen molar-refractivity contribution in [2.75, 3.05) is 12.8 Å². The van der Waals surface area contributed by atoms with Crippen LogP contribution in [0.15, 0.2) is 42.7 Å². The molecule has 1 aromatic carbocycles. The molecule has 2 amide bonds. The maximum absolute atomic E-state index is 14.5. The Morgan fingerprint density at radius 3 is 2.35 bits per heavy atom. The Hall–Kier alpha value is -4.29. The molecule has 3 heterocycles. The number of aryl methyl sites for hydroxylation is 1. The van der Waals surface area contributed by atoms with Crippen molar-refractivity contribution in [2.24, 2.45) is 7.05 Å². The van der Waals surface area contributed by atoms with Gasteiger partial charge in [0.15, 0.2) is 5.67 Å². The van der Waals surface area contributed by atoms with Gasteiger partial charge in [0, 0.05) is 31.2 Å². The second-order valence-electron chi connectivity index (χ2n) is 8.96. The number of benzene rings is 1. The standard InChI is InChI=1S/C24H23F4N7O2/c1-23(2,25)22(37)34(4)35(12-15-7-6-14(10-30-15)24(26,27)28)21(36)13-5-8-18-16(9-13)19-17(20(29)32-18)11-31-33(19)3/h5-11H,12H2,1-4H3,(H2,29,32). The third-order valence-electron chi connectivity index (χ3n) is 5.82. The summed E-state index contributed by atoms with van der Waals surface area (Å²) in [7, 11) is 2.91. The normalized spacial score (nSPS) is 12.2. The number of aromatic nitrogens is 4. The van der Waals surface area contributed by atoms with Gasteiger partial charge in [-0.05, 0) is 44.2 Å². The van der Waals surface area contributed by atoms with Crippen LogP contribution in [-0.4, -0.2) is 54.3 Å². The summed E-state index contributed by atoms with van der Waals surface area (Å²) >= 11 is 0. The summed E-state index contributed by atoms with van der Waals surface area (Å²) in [6, 6.07) is 6.48. The number of halogens is 4. The minimum Gasteiger partial charge on any atom is -0.383 e. The van der Waals surface area contributed by atoms with Crippen molar-refractivity contribution >= 4 is 39.4 Å². The summed E-state index contributed by atoms with van der Waals surface area (Å²) in [5.41, 5.74) is 4.02. The van der Waals surface area contributed by atoms with E-state index in [-0.39, 0.29) is 17.1 Å². The van der Waals surface area contributed by atoms with E-state index in [2.05, 4.69) is 15.1 Å².